The molecule has 1 saturated carbocycles. The lowest BCUT2D eigenvalue weighted by atomic mass is 10.2. The number of hydrogen-bond acceptors (Lipinski definition) is 1. The summed E-state index contributed by atoms with van der Waals surface area (Å²) >= 11 is 0. The maximum atomic E-state index is 13.2. The third-order valence-electron chi connectivity index (χ3n) is 2.64. The van der Waals surface area contributed by atoms with E-state index in [9.17, 15) is 22.0 Å². The van der Waals surface area contributed by atoms with Crippen LogP contribution >= 0.6 is 0 Å². The highest BCUT2D eigenvalue weighted by atomic mass is 19.2. The molecular formula is C10H8F5N. The summed E-state index contributed by atoms with van der Waals surface area (Å²) in [6.07, 6.45) is 1.26. The van der Waals surface area contributed by atoms with Crippen LogP contribution in [0.3, 0.4) is 0 Å². The van der Waals surface area contributed by atoms with Crippen molar-refractivity contribution in [3.8, 4) is 0 Å². The van der Waals surface area contributed by atoms with Gasteiger partial charge in [0.05, 0.1) is 0 Å². The maximum absolute atomic E-state index is 13.2. The third-order valence-corrected chi connectivity index (χ3v) is 2.64. The molecule has 0 bridgehead atoms. The molecule has 0 radical (unpaired) electrons. The molecule has 16 heavy (non-hydrogen) atoms. The van der Waals surface area contributed by atoms with Gasteiger partial charge in [0.15, 0.2) is 23.3 Å². The summed E-state index contributed by atoms with van der Waals surface area (Å²) < 4.78 is 64.6. The number of hydrogen-bond donors (Lipinski definition) is 1. The fraction of sp³-hybridized carbons (Fsp3) is 0.400. The Morgan fingerprint density at radius 1 is 0.812 bits per heavy atom. The molecule has 1 fully saturated rings. The Balaban J connectivity index is 2.51. The lowest BCUT2D eigenvalue weighted by Crippen LogP contribution is -2.20. The largest absolute Gasteiger partial charge is 0.375 e. The van der Waals surface area contributed by atoms with Gasteiger partial charge in [-0.3, -0.25) is 0 Å². The van der Waals surface area contributed by atoms with Crippen molar-refractivity contribution in [1.29, 1.82) is 0 Å². The summed E-state index contributed by atoms with van der Waals surface area (Å²) in [6.45, 7) is 1.64. The quantitative estimate of drug-likeness (QED) is 0.472. The van der Waals surface area contributed by atoms with Gasteiger partial charge in [0.1, 0.15) is 5.69 Å². The normalized spacial score (nSPS) is 17.4. The van der Waals surface area contributed by atoms with Gasteiger partial charge in [0.25, 0.3) is 0 Å². The Bertz CT molecular complexity index is 424. The molecule has 0 atom stereocenters. The summed E-state index contributed by atoms with van der Waals surface area (Å²) in [7, 11) is 0. The molecule has 1 aliphatic rings. The van der Waals surface area contributed by atoms with Gasteiger partial charge in [-0.1, -0.05) is 0 Å². The first-order chi connectivity index (χ1) is 7.36. The average molecular weight is 237 g/mol. The minimum atomic E-state index is -2.14. The fourth-order valence-electron chi connectivity index (χ4n) is 1.33. The number of rotatable bonds is 2. The number of nitrogens with one attached hydrogen (secondary N) is 1. The summed E-state index contributed by atoms with van der Waals surface area (Å²) in [6, 6.07) is 0. The molecule has 1 nitrogen and oxygen atoms in total. The van der Waals surface area contributed by atoms with E-state index in [4.69, 9.17) is 0 Å². The average Bonchev–Trinajstić information content (AvgIpc) is 2.98. The van der Waals surface area contributed by atoms with Gasteiger partial charge in [-0.25, -0.2) is 22.0 Å². The van der Waals surface area contributed by atoms with Gasteiger partial charge in [0.2, 0.25) is 5.82 Å². The van der Waals surface area contributed by atoms with Crippen molar-refractivity contribution < 1.29 is 22.0 Å². The van der Waals surface area contributed by atoms with Crippen molar-refractivity contribution >= 4 is 5.69 Å². The van der Waals surface area contributed by atoms with E-state index in [1.54, 1.807) is 6.92 Å². The van der Waals surface area contributed by atoms with E-state index in [0.717, 1.165) is 0 Å². The Kier molecular flexibility index (Phi) is 2.32. The van der Waals surface area contributed by atoms with Crippen LogP contribution in [0.1, 0.15) is 19.8 Å². The Morgan fingerprint density at radius 2 is 1.19 bits per heavy atom. The van der Waals surface area contributed by atoms with Crippen molar-refractivity contribution in [1.82, 2.24) is 0 Å². The highest BCUT2D eigenvalue weighted by molar-refractivity contribution is 5.51. The molecule has 0 saturated heterocycles. The molecule has 0 amide bonds. The first kappa shape index (κ1) is 11.2. The second-order valence-electron chi connectivity index (χ2n) is 4.13. The van der Waals surface area contributed by atoms with Gasteiger partial charge in [-0.15, -0.1) is 0 Å². The summed E-state index contributed by atoms with van der Waals surface area (Å²) in [4.78, 5) is 0. The zero-order chi connectivity index (χ0) is 12.1. The van der Waals surface area contributed by atoms with Crippen LogP contribution in [0.15, 0.2) is 0 Å². The summed E-state index contributed by atoms with van der Waals surface area (Å²) in [5, 5.41) is 2.34. The zero-order valence-electron chi connectivity index (χ0n) is 8.30. The highest BCUT2D eigenvalue weighted by Gasteiger charge is 2.39. The summed E-state index contributed by atoms with van der Waals surface area (Å²) in [5.41, 5.74) is -1.52. The van der Waals surface area contributed by atoms with E-state index >= 15 is 0 Å². The van der Waals surface area contributed by atoms with Crippen LogP contribution in [0.4, 0.5) is 27.6 Å². The molecule has 2 rings (SSSR count). The third kappa shape index (κ3) is 1.62. The van der Waals surface area contributed by atoms with Gasteiger partial charge >= 0.3 is 0 Å². The van der Waals surface area contributed by atoms with E-state index < -0.39 is 40.3 Å². The molecule has 1 aromatic rings. The number of anilines is 1. The first-order valence-corrected chi connectivity index (χ1v) is 4.65. The van der Waals surface area contributed by atoms with E-state index in [2.05, 4.69) is 5.32 Å². The predicted octanol–water partition coefficient (Wildman–Crippen LogP) is 3.35. The molecule has 0 heterocycles. The van der Waals surface area contributed by atoms with Crippen molar-refractivity contribution in [2.24, 2.45) is 0 Å². The Hall–Kier alpha value is -1.33. The molecule has 0 aliphatic heterocycles. The lowest BCUT2D eigenvalue weighted by molar-refractivity contribution is 0.380. The molecule has 1 aromatic carbocycles. The monoisotopic (exact) mass is 237 g/mol. The van der Waals surface area contributed by atoms with Crippen LogP contribution in [0.25, 0.3) is 0 Å². The van der Waals surface area contributed by atoms with Crippen LogP contribution in [0, 0.1) is 29.1 Å². The highest BCUT2D eigenvalue weighted by Crippen LogP contribution is 2.40. The second-order valence-corrected chi connectivity index (χ2v) is 4.13. The van der Waals surface area contributed by atoms with Crippen LogP contribution in [-0.4, -0.2) is 5.54 Å². The van der Waals surface area contributed by atoms with Crippen molar-refractivity contribution in [3.05, 3.63) is 29.1 Å². The van der Waals surface area contributed by atoms with Crippen molar-refractivity contribution in [3.63, 3.8) is 0 Å². The molecule has 88 valence electrons. The van der Waals surface area contributed by atoms with Crippen LogP contribution in [0.2, 0.25) is 0 Å². The van der Waals surface area contributed by atoms with Crippen LogP contribution in [-0.2, 0) is 0 Å². The number of halogens is 5. The minimum Gasteiger partial charge on any atom is -0.375 e. The van der Waals surface area contributed by atoms with E-state index in [1.165, 1.54) is 0 Å². The maximum Gasteiger partial charge on any atom is 0.200 e. The van der Waals surface area contributed by atoms with Gasteiger partial charge in [-0.2, -0.15) is 0 Å². The summed E-state index contributed by atoms with van der Waals surface area (Å²) in [5.74, 6) is -9.62. The standard InChI is InChI=1S/C10H8F5N/c1-10(2-3-10)16-9-7(14)5(12)4(11)6(13)8(9)15/h16H,2-3H2,1H3. The molecule has 0 unspecified atom stereocenters. The van der Waals surface area contributed by atoms with Crippen LogP contribution in [0.5, 0.6) is 0 Å². The van der Waals surface area contributed by atoms with E-state index in [0.29, 0.717) is 12.8 Å². The molecular weight excluding hydrogens is 229 g/mol. The van der Waals surface area contributed by atoms with E-state index in [1.807, 2.05) is 0 Å². The molecule has 6 heteroatoms. The van der Waals surface area contributed by atoms with Gasteiger partial charge < -0.3 is 5.32 Å². The molecule has 1 aliphatic carbocycles. The minimum absolute atomic E-state index is 0.571. The molecule has 0 aromatic heterocycles. The number of benzene rings is 1. The zero-order valence-corrected chi connectivity index (χ0v) is 8.30. The Morgan fingerprint density at radius 3 is 1.56 bits per heavy atom. The van der Waals surface area contributed by atoms with Crippen molar-refractivity contribution in [2.75, 3.05) is 5.32 Å². The second kappa shape index (κ2) is 3.33. The van der Waals surface area contributed by atoms with Gasteiger partial charge in [-0.05, 0) is 19.8 Å². The first-order valence-electron chi connectivity index (χ1n) is 4.65. The van der Waals surface area contributed by atoms with Crippen molar-refractivity contribution in [2.45, 2.75) is 25.3 Å². The molecule has 0 spiro atoms. The Labute approximate surface area is 88.3 Å². The fourth-order valence-corrected chi connectivity index (χ4v) is 1.33. The topological polar surface area (TPSA) is 12.0 Å². The predicted molar refractivity (Wildman–Crippen MR) is 47.5 cm³/mol. The lowest BCUT2D eigenvalue weighted by Gasteiger charge is -2.15. The smallest absolute Gasteiger partial charge is 0.200 e. The SMILES string of the molecule is CC1(Nc2c(F)c(F)c(F)c(F)c2F)CC1. The van der Waals surface area contributed by atoms with Crippen LogP contribution < -0.4 is 5.32 Å². The van der Waals surface area contributed by atoms with Gasteiger partial charge in [0, 0.05) is 5.54 Å². The molecule has 1 N–H and O–H groups in total. The van der Waals surface area contributed by atoms with E-state index in [-0.39, 0.29) is 0 Å².